The lowest BCUT2D eigenvalue weighted by Gasteiger charge is -2.25. The predicted octanol–water partition coefficient (Wildman–Crippen LogP) is 3.46. The maximum atomic E-state index is 5.81. The normalized spacial score (nSPS) is 11.5. The summed E-state index contributed by atoms with van der Waals surface area (Å²) in [7, 11) is 0. The Bertz CT molecular complexity index is 325. The van der Waals surface area contributed by atoms with Crippen LogP contribution in [0.4, 0.5) is 0 Å². The van der Waals surface area contributed by atoms with Crippen LogP contribution in [0.1, 0.15) is 20.8 Å². The number of rotatable bonds is 6. The SMILES string of the molecule is CCNCC(C)(C)COc1ccccc1Br. The average molecular weight is 286 g/mol. The molecule has 0 fully saturated rings. The van der Waals surface area contributed by atoms with Gasteiger partial charge in [-0.1, -0.05) is 32.9 Å². The highest BCUT2D eigenvalue weighted by Crippen LogP contribution is 2.25. The quantitative estimate of drug-likeness (QED) is 0.864. The molecule has 2 nitrogen and oxygen atoms in total. The van der Waals surface area contributed by atoms with Crippen LogP contribution in [0.25, 0.3) is 0 Å². The Hall–Kier alpha value is -0.540. The predicted molar refractivity (Wildman–Crippen MR) is 72.0 cm³/mol. The van der Waals surface area contributed by atoms with E-state index in [0.29, 0.717) is 6.61 Å². The van der Waals surface area contributed by atoms with E-state index in [4.69, 9.17) is 4.74 Å². The molecule has 0 aliphatic rings. The molecular weight excluding hydrogens is 266 g/mol. The number of hydrogen-bond donors (Lipinski definition) is 1. The van der Waals surface area contributed by atoms with Gasteiger partial charge in [0.05, 0.1) is 11.1 Å². The third kappa shape index (κ3) is 4.54. The summed E-state index contributed by atoms with van der Waals surface area (Å²) in [6, 6.07) is 7.94. The van der Waals surface area contributed by atoms with Crippen LogP contribution in [0.5, 0.6) is 5.75 Å². The van der Waals surface area contributed by atoms with Crippen LogP contribution in [0.15, 0.2) is 28.7 Å². The maximum Gasteiger partial charge on any atom is 0.133 e. The fourth-order valence-corrected chi connectivity index (χ4v) is 1.75. The summed E-state index contributed by atoms with van der Waals surface area (Å²) in [5.41, 5.74) is 0.144. The van der Waals surface area contributed by atoms with Crippen LogP contribution in [0.2, 0.25) is 0 Å². The highest BCUT2D eigenvalue weighted by atomic mass is 79.9. The molecule has 1 aromatic carbocycles. The van der Waals surface area contributed by atoms with Crippen LogP contribution in [0.3, 0.4) is 0 Å². The van der Waals surface area contributed by atoms with E-state index in [9.17, 15) is 0 Å². The first kappa shape index (κ1) is 13.5. The Morgan fingerprint density at radius 3 is 2.62 bits per heavy atom. The second-order valence-corrected chi connectivity index (χ2v) is 5.52. The highest BCUT2D eigenvalue weighted by molar-refractivity contribution is 9.10. The zero-order chi connectivity index (χ0) is 12.0. The van der Waals surface area contributed by atoms with E-state index < -0.39 is 0 Å². The zero-order valence-electron chi connectivity index (χ0n) is 10.2. The van der Waals surface area contributed by atoms with E-state index in [0.717, 1.165) is 23.3 Å². The number of para-hydroxylation sites is 1. The van der Waals surface area contributed by atoms with Gasteiger partial charge in [0, 0.05) is 12.0 Å². The Labute approximate surface area is 107 Å². The van der Waals surface area contributed by atoms with E-state index in [2.05, 4.69) is 42.0 Å². The molecule has 1 aromatic rings. The van der Waals surface area contributed by atoms with Gasteiger partial charge in [-0.25, -0.2) is 0 Å². The molecule has 0 bridgehead atoms. The van der Waals surface area contributed by atoms with Gasteiger partial charge in [0.25, 0.3) is 0 Å². The van der Waals surface area contributed by atoms with Crippen LogP contribution in [-0.4, -0.2) is 19.7 Å². The number of halogens is 1. The van der Waals surface area contributed by atoms with E-state index in [1.165, 1.54) is 0 Å². The lowest BCUT2D eigenvalue weighted by Crippen LogP contribution is -2.34. The van der Waals surface area contributed by atoms with Crippen molar-refractivity contribution in [2.75, 3.05) is 19.7 Å². The Morgan fingerprint density at radius 1 is 1.31 bits per heavy atom. The van der Waals surface area contributed by atoms with Crippen molar-refractivity contribution in [3.63, 3.8) is 0 Å². The van der Waals surface area contributed by atoms with Gasteiger partial charge in [-0.05, 0) is 34.6 Å². The van der Waals surface area contributed by atoms with Crippen LogP contribution in [0, 0.1) is 5.41 Å². The number of hydrogen-bond acceptors (Lipinski definition) is 2. The minimum atomic E-state index is 0.144. The molecule has 0 aliphatic heterocycles. The molecule has 0 saturated carbocycles. The molecule has 90 valence electrons. The molecule has 0 saturated heterocycles. The van der Waals surface area contributed by atoms with Gasteiger partial charge in [-0.3, -0.25) is 0 Å². The average Bonchev–Trinajstić information content (AvgIpc) is 2.26. The fourth-order valence-electron chi connectivity index (χ4n) is 1.35. The summed E-state index contributed by atoms with van der Waals surface area (Å²) in [6.45, 7) is 9.19. The largest absolute Gasteiger partial charge is 0.492 e. The van der Waals surface area contributed by atoms with Crippen LogP contribution in [-0.2, 0) is 0 Å². The molecule has 1 rings (SSSR count). The van der Waals surface area contributed by atoms with Gasteiger partial charge in [0.2, 0.25) is 0 Å². The van der Waals surface area contributed by atoms with Crippen molar-refractivity contribution in [3.05, 3.63) is 28.7 Å². The number of nitrogens with one attached hydrogen (secondary N) is 1. The molecule has 3 heteroatoms. The molecule has 16 heavy (non-hydrogen) atoms. The molecule has 0 aromatic heterocycles. The summed E-state index contributed by atoms with van der Waals surface area (Å²) in [6.07, 6.45) is 0. The van der Waals surface area contributed by atoms with Crippen molar-refractivity contribution in [1.29, 1.82) is 0 Å². The van der Waals surface area contributed by atoms with Gasteiger partial charge in [0.1, 0.15) is 5.75 Å². The van der Waals surface area contributed by atoms with E-state index in [1.807, 2.05) is 24.3 Å². The lowest BCUT2D eigenvalue weighted by atomic mass is 9.95. The van der Waals surface area contributed by atoms with Gasteiger partial charge >= 0.3 is 0 Å². The molecule has 0 heterocycles. The first-order chi connectivity index (χ1) is 7.55. The van der Waals surface area contributed by atoms with Gasteiger partial charge in [-0.2, -0.15) is 0 Å². The first-order valence-corrected chi connectivity index (χ1v) is 6.42. The highest BCUT2D eigenvalue weighted by Gasteiger charge is 2.18. The van der Waals surface area contributed by atoms with Crippen molar-refractivity contribution in [3.8, 4) is 5.75 Å². The Kier molecular flexibility index (Phi) is 5.29. The van der Waals surface area contributed by atoms with Crippen molar-refractivity contribution in [2.45, 2.75) is 20.8 Å². The second-order valence-electron chi connectivity index (χ2n) is 4.66. The van der Waals surface area contributed by atoms with E-state index in [1.54, 1.807) is 0 Å². The van der Waals surface area contributed by atoms with Gasteiger partial charge in [0.15, 0.2) is 0 Å². The monoisotopic (exact) mass is 285 g/mol. The molecule has 1 N–H and O–H groups in total. The van der Waals surface area contributed by atoms with Crippen molar-refractivity contribution < 1.29 is 4.74 Å². The maximum absolute atomic E-state index is 5.81. The summed E-state index contributed by atoms with van der Waals surface area (Å²) >= 11 is 3.48. The van der Waals surface area contributed by atoms with Gasteiger partial charge in [-0.15, -0.1) is 0 Å². The van der Waals surface area contributed by atoms with Crippen molar-refractivity contribution in [2.24, 2.45) is 5.41 Å². The van der Waals surface area contributed by atoms with Crippen molar-refractivity contribution in [1.82, 2.24) is 5.32 Å². The first-order valence-electron chi connectivity index (χ1n) is 5.63. The topological polar surface area (TPSA) is 21.3 Å². The van der Waals surface area contributed by atoms with E-state index >= 15 is 0 Å². The third-order valence-corrected chi connectivity index (χ3v) is 2.96. The van der Waals surface area contributed by atoms with E-state index in [-0.39, 0.29) is 5.41 Å². The third-order valence-electron chi connectivity index (χ3n) is 2.31. The summed E-state index contributed by atoms with van der Waals surface area (Å²) in [4.78, 5) is 0. The minimum absolute atomic E-state index is 0.144. The zero-order valence-corrected chi connectivity index (χ0v) is 11.8. The van der Waals surface area contributed by atoms with Gasteiger partial charge < -0.3 is 10.1 Å². The summed E-state index contributed by atoms with van der Waals surface area (Å²) < 4.78 is 6.82. The molecule has 0 aliphatic carbocycles. The Balaban J connectivity index is 2.47. The van der Waals surface area contributed by atoms with Crippen LogP contribution >= 0.6 is 15.9 Å². The second kappa shape index (κ2) is 6.26. The Morgan fingerprint density at radius 2 is 2.00 bits per heavy atom. The molecule has 0 atom stereocenters. The summed E-state index contributed by atoms with van der Waals surface area (Å²) in [5, 5.41) is 3.35. The lowest BCUT2D eigenvalue weighted by molar-refractivity contribution is 0.176. The molecule has 0 amide bonds. The minimum Gasteiger partial charge on any atom is -0.492 e. The number of ether oxygens (including phenoxy) is 1. The smallest absolute Gasteiger partial charge is 0.133 e. The fraction of sp³-hybridized carbons (Fsp3) is 0.538. The molecule has 0 radical (unpaired) electrons. The molecule has 0 unspecified atom stereocenters. The standard InChI is InChI=1S/C13H20BrNO/c1-4-15-9-13(2,3)10-16-12-8-6-5-7-11(12)14/h5-8,15H,4,9-10H2,1-3H3. The van der Waals surface area contributed by atoms with Crippen LogP contribution < -0.4 is 10.1 Å². The summed E-state index contributed by atoms with van der Waals surface area (Å²) in [5.74, 6) is 0.909. The number of benzene rings is 1. The molecule has 0 spiro atoms. The molecular formula is C13H20BrNO. The van der Waals surface area contributed by atoms with Crippen molar-refractivity contribution >= 4 is 15.9 Å².